The molecule has 3 aromatic carbocycles. The van der Waals surface area contributed by atoms with Gasteiger partial charge >= 0.3 is 17.9 Å². The van der Waals surface area contributed by atoms with E-state index in [0.717, 1.165) is 25.7 Å². The van der Waals surface area contributed by atoms with Gasteiger partial charge in [-0.05, 0) is 106 Å². The molecule has 0 aliphatic rings. The molecule has 9 heteroatoms. The van der Waals surface area contributed by atoms with Gasteiger partial charge in [0.25, 0.3) is 0 Å². The number of rotatable bonds is 10. The number of phenolic OH excluding ortho intramolecular Hbond substituents is 3. The number of hydrogen-bond acceptors (Lipinski definition) is 9. The highest BCUT2D eigenvalue weighted by atomic mass is 16.5. The zero-order valence-corrected chi connectivity index (χ0v) is 24.9. The first kappa shape index (κ1) is 35.5. The SMILES string of the molecule is CC(C)OC(=O)c1ccc(O)cc1.CCC(C)OC(=O)c1ccc(O)cc1.CCCCCOC(=O)c1ccc(O)cc1. The van der Waals surface area contributed by atoms with E-state index in [-0.39, 0.29) is 47.4 Å². The number of aromatic hydroxyl groups is 3. The third-order valence-corrected chi connectivity index (χ3v) is 5.52. The topological polar surface area (TPSA) is 140 Å². The zero-order chi connectivity index (χ0) is 31.5. The van der Waals surface area contributed by atoms with Crippen molar-refractivity contribution in [1.29, 1.82) is 0 Å². The Labute approximate surface area is 247 Å². The van der Waals surface area contributed by atoms with E-state index in [1.165, 1.54) is 48.5 Å². The molecule has 0 fully saturated rings. The minimum atomic E-state index is -0.366. The Kier molecular flexibility index (Phi) is 16.5. The fourth-order valence-electron chi connectivity index (χ4n) is 3.01. The average Bonchev–Trinajstić information content (AvgIpc) is 2.96. The molecule has 0 aromatic heterocycles. The molecule has 0 saturated heterocycles. The van der Waals surface area contributed by atoms with E-state index in [1.807, 2.05) is 13.8 Å². The zero-order valence-electron chi connectivity index (χ0n) is 24.9. The Morgan fingerprint density at radius 3 is 1.33 bits per heavy atom. The maximum Gasteiger partial charge on any atom is 0.338 e. The molecule has 0 saturated carbocycles. The van der Waals surface area contributed by atoms with Crippen molar-refractivity contribution in [2.45, 2.75) is 72.5 Å². The molecule has 0 radical (unpaired) electrons. The van der Waals surface area contributed by atoms with Crippen LogP contribution >= 0.6 is 0 Å². The Hall–Kier alpha value is -4.53. The van der Waals surface area contributed by atoms with Crippen LogP contribution in [0.3, 0.4) is 0 Å². The summed E-state index contributed by atoms with van der Waals surface area (Å²) in [6.07, 6.45) is 3.68. The Morgan fingerprint density at radius 1 is 0.595 bits per heavy atom. The second-order valence-electron chi connectivity index (χ2n) is 9.56. The van der Waals surface area contributed by atoms with Gasteiger partial charge in [-0.2, -0.15) is 0 Å². The van der Waals surface area contributed by atoms with Crippen LogP contribution in [0, 0.1) is 0 Å². The summed E-state index contributed by atoms with van der Waals surface area (Å²) in [7, 11) is 0. The van der Waals surface area contributed by atoms with Crippen LogP contribution in [0.15, 0.2) is 72.8 Å². The van der Waals surface area contributed by atoms with E-state index in [4.69, 9.17) is 29.5 Å². The van der Waals surface area contributed by atoms with Crippen molar-refractivity contribution in [3.8, 4) is 17.2 Å². The molecule has 9 nitrogen and oxygen atoms in total. The third kappa shape index (κ3) is 14.7. The first-order valence-electron chi connectivity index (χ1n) is 13.9. The van der Waals surface area contributed by atoms with E-state index in [9.17, 15) is 14.4 Å². The predicted molar refractivity (Wildman–Crippen MR) is 160 cm³/mol. The minimum Gasteiger partial charge on any atom is -0.508 e. The number of phenols is 3. The van der Waals surface area contributed by atoms with Gasteiger partial charge in [0, 0.05) is 0 Å². The molecule has 228 valence electrons. The average molecular weight is 583 g/mol. The molecule has 0 bridgehead atoms. The van der Waals surface area contributed by atoms with E-state index in [1.54, 1.807) is 38.1 Å². The van der Waals surface area contributed by atoms with Crippen LogP contribution in [0.2, 0.25) is 0 Å². The van der Waals surface area contributed by atoms with Crippen molar-refractivity contribution in [3.63, 3.8) is 0 Å². The van der Waals surface area contributed by atoms with Gasteiger partial charge in [-0.3, -0.25) is 0 Å². The Balaban J connectivity index is 0.000000316. The highest BCUT2D eigenvalue weighted by molar-refractivity contribution is 5.90. The molecule has 1 atom stereocenters. The van der Waals surface area contributed by atoms with Crippen LogP contribution in [-0.4, -0.2) is 52.0 Å². The summed E-state index contributed by atoms with van der Waals surface area (Å²) >= 11 is 0. The first-order valence-corrected chi connectivity index (χ1v) is 13.9. The molecular weight excluding hydrogens is 540 g/mol. The molecule has 0 amide bonds. The van der Waals surface area contributed by atoms with Crippen LogP contribution in [0.5, 0.6) is 17.2 Å². The number of carbonyl (C=O) groups is 3. The summed E-state index contributed by atoms with van der Waals surface area (Å²) in [5, 5.41) is 27.0. The summed E-state index contributed by atoms with van der Waals surface area (Å²) < 4.78 is 15.1. The molecule has 0 spiro atoms. The van der Waals surface area contributed by atoms with E-state index < -0.39 is 0 Å². The van der Waals surface area contributed by atoms with Crippen molar-refractivity contribution in [1.82, 2.24) is 0 Å². The van der Waals surface area contributed by atoms with Crippen LogP contribution in [0.25, 0.3) is 0 Å². The van der Waals surface area contributed by atoms with Crippen molar-refractivity contribution in [2.24, 2.45) is 0 Å². The van der Waals surface area contributed by atoms with Gasteiger partial charge in [0.1, 0.15) is 17.2 Å². The Bertz CT molecular complexity index is 1200. The lowest BCUT2D eigenvalue weighted by Gasteiger charge is -2.10. The largest absolute Gasteiger partial charge is 0.508 e. The lowest BCUT2D eigenvalue weighted by atomic mass is 10.2. The number of ether oxygens (including phenoxy) is 3. The van der Waals surface area contributed by atoms with Gasteiger partial charge in [-0.1, -0.05) is 26.7 Å². The number of esters is 3. The van der Waals surface area contributed by atoms with Gasteiger partial charge < -0.3 is 29.5 Å². The third-order valence-electron chi connectivity index (χ3n) is 5.52. The summed E-state index contributed by atoms with van der Waals surface area (Å²) in [5.74, 6) is -0.607. The van der Waals surface area contributed by atoms with Crippen LogP contribution in [0.1, 0.15) is 91.4 Å². The standard InChI is InChI=1S/C12H16O3.C11H14O3.C10H12O3/c1-2-3-4-9-15-12(14)10-5-7-11(13)8-6-10;1-3-8(2)14-11(13)9-4-6-10(12)7-5-9;1-7(2)13-10(12)8-3-5-9(11)6-4-8/h5-8,13H,2-4,9H2,1H3;4-8,12H,3H2,1-2H3;3-7,11H,1-2H3. The fraction of sp³-hybridized carbons (Fsp3) is 0.364. The quantitative estimate of drug-likeness (QED) is 0.130. The molecule has 42 heavy (non-hydrogen) atoms. The summed E-state index contributed by atoms with van der Waals surface area (Å²) in [5.41, 5.74) is 1.39. The second-order valence-corrected chi connectivity index (χ2v) is 9.56. The van der Waals surface area contributed by atoms with Crippen molar-refractivity contribution >= 4 is 17.9 Å². The lowest BCUT2D eigenvalue weighted by Crippen LogP contribution is -2.13. The number of hydrogen-bond donors (Lipinski definition) is 3. The summed E-state index contributed by atoms with van der Waals surface area (Å²) in [6.45, 7) is 9.94. The van der Waals surface area contributed by atoms with Crippen LogP contribution < -0.4 is 0 Å². The number of carbonyl (C=O) groups excluding carboxylic acids is 3. The van der Waals surface area contributed by atoms with E-state index >= 15 is 0 Å². The molecular formula is C33H42O9. The minimum absolute atomic E-state index is 0.0729. The smallest absolute Gasteiger partial charge is 0.338 e. The van der Waals surface area contributed by atoms with Gasteiger partial charge in [0.05, 0.1) is 35.5 Å². The molecule has 0 aliphatic carbocycles. The highest BCUT2D eigenvalue weighted by Gasteiger charge is 2.10. The van der Waals surface area contributed by atoms with E-state index in [2.05, 4.69) is 6.92 Å². The predicted octanol–water partition coefficient (Wildman–Crippen LogP) is 7.04. The monoisotopic (exact) mass is 582 g/mol. The molecule has 0 heterocycles. The van der Waals surface area contributed by atoms with E-state index in [0.29, 0.717) is 23.3 Å². The van der Waals surface area contributed by atoms with Gasteiger partial charge in [0.2, 0.25) is 0 Å². The van der Waals surface area contributed by atoms with Crippen molar-refractivity contribution in [3.05, 3.63) is 89.5 Å². The number of unbranched alkanes of at least 4 members (excludes halogenated alkanes) is 2. The molecule has 3 aromatic rings. The second kappa shape index (κ2) is 19.5. The maximum absolute atomic E-state index is 11.4. The molecule has 3 N–H and O–H groups in total. The van der Waals surface area contributed by atoms with Crippen molar-refractivity contribution in [2.75, 3.05) is 6.61 Å². The van der Waals surface area contributed by atoms with Gasteiger partial charge in [-0.15, -0.1) is 0 Å². The fourth-order valence-corrected chi connectivity index (χ4v) is 3.01. The summed E-state index contributed by atoms with van der Waals surface area (Å²) in [4.78, 5) is 34.1. The highest BCUT2D eigenvalue weighted by Crippen LogP contribution is 2.13. The van der Waals surface area contributed by atoms with Gasteiger partial charge in [0.15, 0.2) is 0 Å². The maximum atomic E-state index is 11.4. The summed E-state index contributed by atoms with van der Waals surface area (Å²) in [6, 6.07) is 18.0. The van der Waals surface area contributed by atoms with Gasteiger partial charge in [-0.25, -0.2) is 14.4 Å². The Morgan fingerprint density at radius 2 is 0.976 bits per heavy atom. The molecule has 1 unspecified atom stereocenters. The number of benzene rings is 3. The lowest BCUT2D eigenvalue weighted by molar-refractivity contribution is 0.0332. The van der Waals surface area contributed by atoms with Crippen LogP contribution in [0.4, 0.5) is 0 Å². The molecule has 0 aliphatic heterocycles. The van der Waals surface area contributed by atoms with Crippen molar-refractivity contribution < 1.29 is 43.9 Å². The normalized spacial score (nSPS) is 10.7. The first-order chi connectivity index (χ1) is 20.0. The molecule has 3 rings (SSSR count). The van der Waals surface area contributed by atoms with Crippen LogP contribution in [-0.2, 0) is 14.2 Å².